The van der Waals surface area contributed by atoms with Crippen LogP contribution >= 0.6 is 0 Å². The molecule has 1 aliphatic rings. The number of nitrogens with one attached hydrogen (secondary N) is 1. The normalized spacial score (nSPS) is 19.7. The number of carbonyl (C=O) groups is 1. The molecular formula is C19H27N5O. The molecule has 2 atom stereocenters. The molecule has 1 saturated heterocycles. The van der Waals surface area contributed by atoms with Gasteiger partial charge in [0.25, 0.3) is 0 Å². The van der Waals surface area contributed by atoms with Gasteiger partial charge >= 0.3 is 0 Å². The van der Waals surface area contributed by atoms with Gasteiger partial charge in [0.15, 0.2) is 0 Å². The first-order valence-corrected chi connectivity index (χ1v) is 9.05. The van der Waals surface area contributed by atoms with Gasteiger partial charge in [-0.25, -0.2) is 4.98 Å². The fourth-order valence-corrected chi connectivity index (χ4v) is 3.60. The molecule has 1 aromatic carbocycles. The Labute approximate surface area is 149 Å². The number of rotatable bonds is 6. The van der Waals surface area contributed by atoms with Gasteiger partial charge in [-0.15, -0.1) is 0 Å². The number of likely N-dealkylation sites (tertiary alicyclic amines) is 1. The minimum Gasteiger partial charge on any atom is -0.352 e. The SMILES string of the molecule is CC(C)NC(=O)[C@H](c1ccccc1)N1CCC[C@H](Cn2cncn2)C1. The van der Waals surface area contributed by atoms with Crippen molar-refractivity contribution in [1.82, 2.24) is 25.0 Å². The third-order valence-corrected chi connectivity index (χ3v) is 4.62. The molecule has 1 N–H and O–H groups in total. The van der Waals surface area contributed by atoms with Crippen molar-refractivity contribution in [2.75, 3.05) is 13.1 Å². The van der Waals surface area contributed by atoms with Crippen molar-refractivity contribution in [3.05, 3.63) is 48.5 Å². The Balaban J connectivity index is 1.76. The van der Waals surface area contributed by atoms with Crippen molar-refractivity contribution in [2.24, 2.45) is 5.92 Å². The lowest BCUT2D eigenvalue weighted by atomic mass is 9.94. The Kier molecular flexibility index (Phi) is 5.81. The molecule has 0 radical (unpaired) electrons. The Bertz CT molecular complexity index is 656. The van der Waals surface area contributed by atoms with Crippen molar-refractivity contribution in [3.8, 4) is 0 Å². The van der Waals surface area contributed by atoms with E-state index in [1.165, 1.54) is 0 Å². The molecule has 1 aliphatic heterocycles. The van der Waals surface area contributed by atoms with E-state index in [0.29, 0.717) is 5.92 Å². The number of carbonyl (C=O) groups excluding carboxylic acids is 1. The van der Waals surface area contributed by atoms with E-state index < -0.39 is 0 Å². The van der Waals surface area contributed by atoms with Crippen LogP contribution in [0.25, 0.3) is 0 Å². The molecule has 1 fully saturated rings. The van der Waals surface area contributed by atoms with Crippen molar-refractivity contribution < 1.29 is 4.79 Å². The predicted molar refractivity (Wildman–Crippen MR) is 96.8 cm³/mol. The topological polar surface area (TPSA) is 63.1 Å². The van der Waals surface area contributed by atoms with Gasteiger partial charge in [0.05, 0.1) is 0 Å². The quantitative estimate of drug-likeness (QED) is 0.875. The summed E-state index contributed by atoms with van der Waals surface area (Å²) in [6, 6.07) is 9.99. The summed E-state index contributed by atoms with van der Waals surface area (Å²) in [5.41, 5.74) is 1.06. The maximum Gasteiger partial charge on any atom is 0.242 e. The van der Waals surface area contributed by atoms with Gasteiger partial charge < -0.3 is 5.32 Å². The molecule has 1 amide bonds. The first-order valence-electron chi connectivity index (χ1n) is 9.05. The Morgan fingerprint density at radius 2 is 2.12 bits per heavy atom. The number of hydrogen-bond donors (Lipinski definition) is 1. The molecule has 2 aromatic rings. The van der Waals surface area contributed by atoms with E-state index in [2.05, 4.69) is 20.3 Å². The highest BCUT2D eigenvalue weighted by Crippen LogP contribution is 2.28. The van der Waals surface area contributed by atoms with Crippen LogP contribution in [-0.4, -0.2) is 44.7 Å². The average Bonchev–Trinajstić information content (AvgIpc) is 3.09. The van der Waals surface area contributed by atoms with E-state index in [1.54, 1.807) is 12.7 Å². The zero-order valence-electron chi connectivity index (χ0n) is 15.0. The summed E-state index contributed by atoms with van der Waals surface area (Å²) in [4.78, 5) is 19.2. The molecule has 3 rings (SSSR count). The van der Waals surface area contributed by atoms with Gasteiger partial charge in [-0.05, 0) is 44.7 Å². The summed E-state index contributed by atoms with van der Waals surface area (Å²) < 4.78 is 1.89. The molecule has 0 spiro atoms. The summed E-state index contributed by atoms with van der Waals surface area (Å²) >= 11 is 0. The molecule has 6 nitrogen and oxygen atoms in total. The predicted octanol–water partition coefficient (Wildman–Crippen LogP) is 2.26. The van der Waals surface area contributed by atoms with Gasteiger partial charge in [-0.1, -0.05) is 30.3 Å². The first-order chi connectivity index (χ1) is 12.1. The van der Waals surface area contributed by atoms with Crippen LogP contribution in [0, 0.1) is 5.92 Å². The molecular weight excluding hydrogens is 314 g/mol. The number of aromatic nitrogens is 3. The zero-order valence-corrected chi connectivity index (χ0v) is 15.0. The van der Waals surface area contributed by atoms with Crippen LogP contribution in [0.4, 0.5) is 0 Å². The van der Waals surface area contributed by atoms with Crippen LogP contribution in [0.5, 0.6) is 0 Å². The number of piperidine rings is 1. The highest BCUT2D eigenvalue weighted by Gasteiger charge is 2.32. The summed E-state index contributed by atoms with van der Waals surface area (Å²) in [5.74, 6) is 0.566. The van der Waals surface area contributed by atoms with Crippen molar-refractivity contribution >= 4 is 5.91 Å². The van der Waals surface area contributed by atoms with E-state index in [0.717, 1.165) is 38.0 Å². The molecule has 0 unspecified atom stereocenters. The second-order valence-corrected chi connectivity index (χ2v) is 7.10. The van der Waals surface area contributed by atoms with Crippen LogP contribution in [0.1, 0.15) is 38.3 Å². The highest BCUT2D eigenvalue weighted by atomic mass is 16.2. The van der Waals surface area contributed by atoms with E-state index >= 15 is 0 Å². The van der Waals surface area contributed by atoms with Crippen LogP contribution in [0.15, 0.2) is 43.0 Å². The highest BCUT2D eigenvalue weighted by molar-refractivity contribution is 5.83. The van der Waals surface area contributed by atoms with Crippen LogP contribution in [0.3, 0.4) is 0 Å². The smallest absolute Gasteiger partial charge is 0.242 e. The molecule has 2 heterocycles. The standard InChI is InChI=1S/C19H27N5O/c1-15(2)22-19(25)18(17-8-4-3-5-9-17)23-10-6-7-16(11-23)12-24-14-20-13-21-24/h3-5,8-9,13-16,18H,6-7,10-12H2,1-2H3,(H,22,25)/t16-,18-/m0/s1. The van der Waals surface area contributed by atoms with Crippen molar-refractivity contribution in [1.29, 1.82) is 0 Å². The summed E-state index contributed by atoms with van der Waals surface area (Å²) in [6.07, 6.45) is 5.59. The van der Waals surface area contributed by atoms with Crippen molar-refractivity contribution in [3.63, 3.8) is 0 Å². The van der Waals surface area contributed by atoms with E-state index in [1.807, 2.05) is 48.9 Å². The third kappa shape index (κ3) is 4.66. The lowest BCUT2D eigenvalue weighted by Gasteiger charge is -2.38. The Morgan fingerprint density at radius 1 is 1.32 bits per heavy atom. The third-order valence-electron chi connectivity index (χ3n) is 4.62. The lowest BCUT2D eigenvalue weighted by Crippen LogP contribution is -2.47. The molecule has 6 heteroatoms. The molecule has 134 valence electrons. The number of hydrogen-bond acceptors (Lipinski definition) is 4. The van der Waals surface area contributed by atoms with Gasteiger partial charge in [0.2, 0.25) is 5.91 Å². The second kappa shape index (κ2) is 8.25. The van der Waals surface area contributed by atoms with Crippen LogP contribution in [0.2, 0.25) is 0 Å². The maximum absolute atomic E-state index is 12.9. The zero-order chi connectivity index (χ0) is 17.6. The number of amides is 1. The van der Waals surface area contributed by atoms with Gasteiger partial charge in [-0.2, -0.15) is 5.10 Å². The van der Waals surface area contributed by atoms with Gasteiger partial charge in [0.1, 0.15) is 18.7 Å². The van der Waals surface area contributed by atoms with Gasteiger partial charge in [0, 0.05) is 19.1 Å². The van der Waals surface area contributed by atoms with Gasteiger partial charge in [-0.3, -0.25) is 14.4 Å². The summed E-state index contributed by atoms with van der Waals surface area (Å²) in [6.45, 7) is 6.70. The van der Waals surface area contributed by atoms with E-state index in [-0.39, 0.29) is 18.0 Å². The molecule has 1 aromatic heterocycles. The second-order valence-electron chi connectivity index (χ2n) is 7.10. The molecule has 25 heavy (non-hydrogen) atoms. The minimum atomic E-state index is -0.234. The monoisotopic (exact) mass is 341 g/mol. The van der Waals surface area contributed by atoms with Crippen LogP contribution < -0.4 is 5.32 Å². The lowest BCUT2D eigenvalue weighted by molar-refractivity contribution is -0.128. The summed E-state index contributed by atoms with van der Waals surface area (Å²) in [7, 11) is 0. The van der Waals surface area contributed by atoms with Crippen LogP contribution in [-0.2, 0) is 11.3 Å². The minimum absolute atomic E-state index is 0.0857. The largest absolute Gasteiger partial charge is 0.352 e. The number of benzene rings is 1. The molecule has 0 bridgehead atoms. The maximum atomic E-state index is 12.9. The van der Waals surface area contributed by atoms with Crippen molar-refractivity contribution in [2.45, 2.75) is 45.3 Å². The summed E-state index contributed by atoms with van der Waals surface area (Å²) in [5, 5.41) is 7.31. The molecule has 0 saturated carbocycles. The van der Waals surface area contributed by atoms with E-state index in [4.69, 9.17) is 0 Å². The fourth-order valence-electron chi connectivity index (χ4n) is 3.60. The average molecular weight is 341 g/mol. The fraction of sp³-hybridized carbons (Fsp3) is 0.526. The molecule has 0 aliphatic carbocycles. The number of nitrogens with zero attached hydrogens (tertiary/aromatic N) is 4. The first kappa shape index (κ1) is 17.6. The Morgan fingerprint density at radius 3 is 2.80 bits per heavy atom. The van der Waals surface area contributed by atoms with E-state index in [9.17, 15) is 4.79 Å². The Hall–Kier alpha value is -2.21.